The number of carbonyl (C=O) groups excluding carboxylic acids is 1. The van der Waals surface area contributed by atoms with Crippen LogP contribution in [0.2, 0.25) is 0 Å². The van der Waals surface area contributed by atoms with Crippen LogP contribution in [0.4, 0.5) is 11.4 Å². The SMILES string of the molecule is Cc1ccccc1CS(=O)(=O)Nc1cccc2c1NC(=O)CO2. The Labute approximate surface area is 134 Å². The van der Waals surface area contributed by atoms with Gasteiger partial charge in [0, 0.05) is 0 Å². The lowest BCUT2D eigenvalue weighted by Crippen LogP contribution is -2.27. The van der Waals surface area contributed by atoms with Crippen LogP contribution >= 0.6 is 0 Å². The highest BCUT2D eigenvalue weighted by Crippen LogP contribution is 2.35. The molecule has 120 valence electrons. The van der Waals surface area contributed by atoms with E-state index in [-0.39, 0.29) is 18.3 Å². The molecule has 2 aromatic rings. The normalized spacial score (nSPS) is 13.7. The third-order valence-corrected chi connectivity index (χ3v) is 4.74. The molecule has 0 aromatic heterocycles. The summed E-state index contributed by atoms with van der Waals surface area (Å²) in [6.45, 7) is 1.79. The third-order valence-electron chi connectivity index (χ3n) is 3.52. The molecule has 0 atom stereocenters. The Bertz CT molecular complexity index is 862. The molecule has 1 heterocycles. The molecule has 0 saturated carbocycles. The molecule has 6 nitrogen and oxygen atoms in total. The number of benzene rings is 2. The first-order chi connectivity index (χ1) is 10.9. The first-order valence-electron chi connectivity index (χ1n) is 7.05. The lowest BCUT2D eigenvalue weighted by Gasteiger charge is -2.21. The van der Waals surface area contributed by atoms with E-state index in [1.54, 1.807) is 30.3 Å². The quantitative estimate of drug-likeness (QED) is 0.899. The zero-order chi connectivity index (χ0) is 16.4. The van der Waals surface area contributed by atoms with Crippen LogP contribution in [0.1, 0.15) is 11.1 Å². The van der Waals surface area contributed by atoms with Crippen LogP contribution in [0, 0.1) is 6.92 Å². The average molecular weight is 332 g/mol. The molecule has 1 aliphatic rings. The molecule has 0 spiro atoms. The minimum absolute atomic E-state index is 0.0770. The molecule has 1 amide bonds. The second kappa shape index (κ2) is 5.92. The van der Waals surface area contributed by atoms with Gasteiger partial charge in [-0.2, -0.15) is 0 Å². The number of fused-ring (bicyclic) bond motifs is 1. The lowest BCUT2D eigenvalue weighted by molar-refractivity contribution is -0.118. The standard InChI is InChI=1S/C16H16N2O4S/c1-11-5-2-3-6-12(11)10-23(20,21)18-13-7-4-8-14-16(13)17-15(19)9-22-14/h2-8,18H,9-10H2,1H3,(H,17,19). The van der Waals surface area contributed by atoms with Gasteiger partial charge < -0.3 is 10.1 Å². The van der Waals surface area contributed by atoms with Crippen LogP contribution < -0.4 is 14.8 Å². The predicted octanol–water partition coefficient (Wildman–Crippen LogP) is 2.27. The Morgan fingerprint density at radius 3 is 2.74 bits per heavy atom. The van der Waals surface area contributed by atoms with Gasteiger partial charge >= 0.3 is 0 Å². The van der Waals surface area contributed by atoms with Gasteiger partial charge in [0.2, 0.25) is 10.0 Å². The zero-order valence-corrected chi connectivity index (χ0v) is 13.3. The predicted molar refractivity (Wildman–Crippen MR) is 88.0 cm³/mol. The van der Waals surface area contributed by atoms with Crippen molar-refractivity contribution >= 4 is 27.3 Å². The molecule has 2 aromatic carbocycles. The van der Waals surface area contributed by atoms with Crippen molar-refractivity contribution in [2.45, 2.75) is 12.7 Å². The number of para-hydroxylation sites is 1. The van der Waals surface area contributed by atoms with E-state index in [1.807, 2.05) is 19.1 Å². The van der Waals surface area contributed by atoms with Gasteiger partial charge in [0.25, 0.3) is 5.91 Å². The van der Waals surface area contributed by atoms with E-state index < -0.39 is 10.0 Å². The Morgan fingerprint density at radius 1 is 1.17 bits per heavy atom. The van der Waals surface area contributed by atoms with Crippen LogP contribution in [0.5, 0.6) is 5.75 Å². The Kier molecular flexibility index (Phi) is 3.96. The van der Waals surface area contributed by atoms with Crippen molar-refractivity contribution in [1.82, 2.24) is 0 Å². The first kappa shape index (κ1) is 15.4. The largest absolute Gasteiger partial charge is 0.481 e. The molecule has 7 heteroatoms. The molecule has 3 rings (SSSR count). The van der Waals surface area contributed by atoms with Gasteiger partial charge in [-0.1, -0.05) is 30.3 Å². The fourth-order valence-corrected chi connectivity index (χ4v) is 3.68. The topological polar surface area (TPSA) is 84.5 Å². The van der Waals surface area contributed by atoms with E-state index in [0.29, 0.717) is 17.1 Å². The summed E-state index contributed by atoms with van der Waals surface area (Å²) >= 11 is 0. The van der Waals surface area contributed by atoms with Crippen molar-refractivity contribution in [2.24, 2.45) is 0 Å². The number of rotatable bonds is 4. The van der Waals surface area contributed by atoms with Crippen molar-refractivity contribution < 1.29 is 17.9 Å². The second-order valence-corrected chi connectivity index (χ2v) is 7.03. The van der Waals surface area contributed by atoms with Gasteiger partial charge in [0.15, 0.2) is 6.61 Å². The highest BCUT2D eigenvalue weighted by Gasteiger charge is 2.22. The zero-order valence-electron chi connectivity index (χ0n) is 12.5. The summed E-state index contributed by atoms with van der Waals surface area (Å²) in [5, 5.41) is 2.64. The fraction of sp³-hybridized carbons (Fsp3) is 0.188. The molecule has 0 bridgehead atoms. The first-order valence-corrected chi connectivity index (χ1v) is 8.70. The van der Waals surface area contributed by atoms with E-state index >= 15 is 0 Å². The number of anilines is 2. The maximum absolute atomic E-state index is 12.4. The average Bonchev–Trinajstić information content (AvgIpc) is 2.50. The van der Waals surface area contributed by atoms with Gasteiger partial charge in [-0.15, -0.1) is 0 Å². The Balaban J connectivity index is 1.87. The van der Waals surface area contributed by atoms with Gasteiger partial charge in [-0.25, -0.2) is 8.42 Å². The smallest absolute Gasteiger partial charge is 0.262 e. The maximum Gasteiger partial charge on any atom is 0.262 e. The number of hydrogen-bond acceptors (Lipinski definition) is 4. The molecule has 1 aliphatic heterocycles. The van der Waals surface area contributed by atoms with E-state index in [0.717, 1.165) is 11.1 Å². The van der Waals surface area contributed by atoms with Crippen LogP contribution in [0.15, 0.2) is 42.5 Å². The van der Waals surface area contributed by atoms with Gasteiger partial charge in [-0.05, 0) is 30.2 Å². The number of sulfonamides is 1. The molecule has 23 heavy (non-hydrogen) atoms. The van der Waals surface area contributed by atoms with Crippen molar-refractivity contribution in [2.75, 3.05) is 16.6 Å². The Hall–Kier alpha value is -2.54. The molecule has 0 fully saturated rings. The van der Waals surface area contributed by atoms with Crippen LogP contribution in [0.3, 0.4) is 0 Å². The Morgan fingerprint density at radius 2 is 1.96 bits per heavy atom. The highest BCUT2D eigenvalue weighted by molar-refractivity contribution is 7.91. The molecule has 2 N–H and O–H groups in total. The number of hydrogen-bond donors (Lipinski definition) is 2. The number of ether oxygens (including phenoxy) is 1. The summed E-state index contributed by atoms with van der Waals surface area (Å²) < 4.78 is 32.7. The summed E-state index contributed by atoms with van der Waals surface area (Å²) in [6.07, 6.45) is 0. The summed E-state index contributed by atoms with van der Waals surface area (Å²) in [5.74, 6) is -0.0123. The van der Waals surface area contributed by atoms with E-state index in [9.17, 15) is 13.2 Å². The summed E-state index contributed by atoms with van der Waals surface area (Å²) in [4.78, 5) is 11.5. The number of amides is 1. The van der Waals surface area contributed by atoms with Gasteiger partial charge in [0.1, 0.15) is 11.4 Å². The molecule has 0 radical (unpaired) electrons. The third kappa shape index (κ3) is 3.45. The van der Waals surface area contributed by atoms with Crippen LogP contribution in [0.25, 0.3) is 0 Å². The van der Waals surface area contributed by atoms with Crippen molar-refractivity contribution in [3.05, 3.63) is 53.6 Å². The second-order valence-electron chi connectivity index (χ2n) is 5.30. The summed E-state index contributed by atoms with van der Waals surface area (Å²) in [7, 11) is -3.62. The van der Waals surface area contributed by atoms with Crippen LogP contribution in [-0.2, 0) is 20.6 Å². The molecule has 0 aliphatic carbocycles. The summed E-state index contributed by atoms with van der Waals surface area (Å²) in [5.41, 5.74) is 2.27. The minimum Gasteiger partial charge on any atom is -0.481 e. The minimum atomic E-state index is -3.62. The monoisotopic (exact) mass is 332 g/mol. The fourth-order valence-electron chi connectivity index (χ4n) is 2.36. The van der Waals surface area contributed by atoms with E-state index in [4.69, 9.17) is 4.74 Å². The van der Waals surface area contributed by atoms with Crippen molar-refractivity contribution in [3.8, 4) is 5.75 Å². The molecule has 0 unspecified atom stereocenters. The lowest BCUT2D eigenvalue weighted by atomic mass is 10.1. The number of carbonyl (C=O) groups is 1. The molecular weight excluding hydrogens is 316 g/mol. The molecular formula is C16H16N2O4S. The molecule has 0 saturated heterocycles. The van der Waals surface area contributed by atoms with E-state index in [1.165, 1.54) is 0 Å². The van der Waals surface area contributed by atoms with Gasteiger partial charge in [0.05, 0.1) is 11.4 Å². The number of aryl methyl sites for hydroxylation is 1. The van der Waals surface area contributed by atoms with Crippen molar-refractivity contribution in [1.29, 1.82) is 0 Å². The summed E-state index contributed by atoms with van der Waals surface area (Å²) in [6, 6.07) is 12.2. The maximum atomic E-state index is 12.4. The van der Waals surface area contributed by atoms with Gasteiger partial charge in [-0.3, -0.25) is 9.52 Å². The van der Waals surface area contributed by atoms with Crippen molar-refractivity contribution in [3.63, 3.8) is 0 Å². The van der Waals surface area contributed by atoms with E-state index in [2.05, 4.69) is 10.0 Å². The highest BCUT2D eigenvalue weighted by atomic mass is 32.2. The number of nitrogens with one attached hydrogen (secondary N) is 2. The van der Waals surface area contributed by atoms with Crippen LogP contribution in [-0.4, -0.2) is 20.9 Å².